The second kappa shape index (κ2) is 5.53. The standard InChI is InChI=1S/C6H6.C4H3NO3/c1-2-4-6-5-3-1;6-4(7)3-1-2-8-5-3/h1-6H;1-2H,(H,6,7). The van der Waals surface area contributed by atoms with Gasteiger partial charge in [-0.15, -0.1) is 0 Å². The molecular weight excluding hydrogens is 182 g/mol. The summed E-state index contributed by atoms with van der Waals surface area (Å²) in [6.45, 7) is 0. The van der Waals surface area contributed by atoms with Crippen LogP contribution in [0, 0.1) is 0 Å². The Morgan fingerprint density at radius 2 is 1.64 bits per heavy atom. The van der Waals surface area contributed by atoms with Gasteiger partial charge in [0.1, 0.15) is 6.26 Å². The van der Waals surface area contributed by atoms with Gasteiger partial charge in [0.2, 0.25) is 0 Å². The minimum Gasteiger partial charge on any atom is -0.476 e. The van der Waals surface area contributed by atoms with E-state index in [-0.39, 0.29) is 5.69 Å². The summed E-state index contributed by atoms with van der Waals surface area (Å²) >= 11 is 0. The van der Waals surface area contributed by atoms with Crippen LogP contribution in [0.5, 0.6) is 0 Å². The molecule has 1 aromatic carbocycles. The topological polar surface area (TPSA) is 63.3 Å². The molecule has 72 valence electrons. The zero-order valence-corrected chi connectivity index (χ0v) is 7.33. The second-order valence-electron chi connectivity index (χ2n) is 2.34. The first-order valence-corrected chi connectivity index (χ1v) is 3.94. The fourth-order valence-electron chi connectivity index (χ4n) is 0.708. The number of aromatic carboxylic acids is 1. The van der Waals surface area contributed by atoms with Crippen molar-refractivity contribution in [2.45, 2.75) is 0 Å². The van der Waals surface area contributed by atoms with Crippen molar-refractivity contribution < 1.29 is 14.4 Å². The highest BCUT2D eigenvalue weighted by Crippen LogP contribution is 1.91. The molecule has 1 N–H and O–H groups in total. The van der Waals surface area contributed by atoms with Gasteiger partial charge < -0.3 is 9.63 Å². The van der Waals surface area contributed by atoms with Gasteiger partial charge in [0.05, 0.1) is 0 Å². The van der Waals surface area contributed by atoms with Crippen molar-refractivity contribution in [2.24, 2.45) is 0 Å². The molecule has 0 saturated carbocycles. The molecule has 4 heteroatoms. The van der Waals surface area contributed by atoms with Crippen molar-refractivity contribution in [3.8, 4) is 0 Å². The van der Waals surface area contributed by atoms with Gasteiger partial charge in [-0.25, -0.2) is 4.79 Å². The number of carbonyl (C=O) groups is 1. The fraction of sp³-hybridized carbons (Fsp3) is 0. The molecule has 0 aliphatic rings. The van der Waals surface area contributed by atoms with Crippen molar-refractivity contribution >= 4 is 5.97 Å². The van der Waals surface area contributed by atoms with E-state index in [1.807, 2.05) is 36.4 Å². The number of hydrogen-bond acceptors (Lipinski definition) is 3. The van der Waals surface area contributed by atoms with Crippen LogP contribution in [-0.2, 0) is 0 Å². The Kier molecular flexibility index (Phi) is 3.94. The Hall–Kier alpha value is -2.10. The highest BCUT2D eigenvalue weighted by molar-refractivity contribution is 5.84. The molecule has 1 heterocycles. The summed E-state index contributed by atoms with van der Waals surface area (Å²) in [7, 11) is 0. The first kappa shape index (κ1) is 9.98. The Morgan fingerprint density at radius 3 is 1.86 bits per heavy atom. The van der Waals surface area contributed by atoms with Gasteiger partial charge in [0.15, 0.2) is 5.69 Å². The zero-order valence-electron chi connectivity index (χ0n) is 7.33. The van der Waals surface area contributed by atoms with E-state index in [1.165, 1.54) is 12.3 Å². The van der Waals surface area contributed by atoms with Crippen LogP contribution in [0.1, 0.15) is 10.5 Å². The number of benzene rings is 1. The lowest BCUT2D eigenvalue weighted by Gasteiger charge is -1.75. The highest BCUT2D eigenvalue weighted by atomic mass is 16.5. The Bertz CT molecular complexity index is 329. The van der Waals surface area contributed by atoms with E-state index in [0.717, 1.165) is 0 Å². The average Bonchev–Trinajstić information content (AvgIpc) is 2.74. The molecule has 0 aliphatic heterocycles. The number of carboxylic acids is 1. The smallest absolute Gasteiger partial charge is 0.358 e. The van der Waals surface area contributed by atoms with Gasteiger partial charge in [-0.05, 0) is 0 Å². The van der Waals surface area contributed by atoms with E-state index < -0.39 is 5.97 Å². The molecule has 0 spiro atoms. The van der Waals surface area contributed by atoms with E-state index in [2.05, 4.69) is 9.68 Å². The molecule has 0 fully saturated rings. The van der Waals surface area contributed by atoms with Crippen LogP contribution in [0.3, 0.4) is 0 Å². The van der Waals surface area contributed by atoms with E-state index >= 15 is 0 Å². The molecule has 0 amide bonds. The monoisotopic (exact) mass is 191 g/mol. The third-order valence-electron chi connectivity index (χ3n) is 1.32. The third kappa shape index (κ3) is 3.53. The minimum atomic E-state index is -1.07. The summed E-state index contributed by atoms with van der Waals surface area (Å²) in [5, 5.41) is 11.3. The van der Waals surface area contributed by atoms with Crippen LogP contribution in [0.15, 0.2) is 53.3 Å². The summed E-state index contributed by atoms with van der Waals surface area (Å²) in [4.78, 5) is 9.94. The summed E-state index contributed by atoms with van der Waals surface area (Å²) in [6, 6.07) is 13.3. The number of carboxylic acid groups (broad SMARTS) is 1. The molecule has 2 rings (SSSR count). The van der Waals surface area contributed by atoms with Gasteiger partial charge in [0, 0.05) is 6.07 Å². The van der Waals surface area contributed by atoms with Gasteiger partial charge >= 0.3 is 5.97 Å². The predicted octanol–water partition coefficient (Wildman–Crippen LogP) is 2.06. The number of rotatable bonds is 1. The maximum atomic E-state index is 9.94. The van der Waals surface area contributed by atoms with Crippen molar-refractivity contribution in [1.29, 1.82) is 0 Å². The Labute approximate surface area is 80.8 Å². The first-order chi connectivity index (χ1) is 6.80. The van der Waals surface area contributed by atoms with Crippen LogP contribution in [0.4, 0.5) is 0 Å². The third-order valence-corrected chi connectivity index (χ3v) is 1.32. The summed E-state index contributed by atoms with van der Waals surface area (Å²) in [6.07, 6.45) is 1.21. The minimum absolute atomic E-state index is 0.0648. The summed E-state index contributed by atoms with van der Waals surface area (Å²) in [5.41, 5.74) is -0.0648. The van der Waals surface area contributed by atoms with Gasteiger partial charge in [-0.2, -0.15) is 0 Å². The molecule has 2 aromatic rings. The molecule has 0 saturated heterocycles. The van der Waals surface area contributed by atoms with Gasteiger partial charge in [-0.3, -0.25) is 0 Å². The van der Waals surface area contributed by atoms with Crippen LogP contribution >= 0.6 is 0 Å². The average molecular weight is 191 g/mol. The molecule has 0 bridgehead atoms. The summed E-state index contributed by atoms with van der Waals surface area (Å²) < 4.78 is 4.24. The second-order valence-corrected chi connectivity index (χ2v) is 2.34. The normalized spacial score (nSPS) is 8.57. The lowest BCUT2D eigenvalue weighted by atomic mass is 10.4. The van der Waals surface area contributed by atoms with E-state index in [4.69, 9.17) is 5.11 Å². The SMILES string of the molecule is O=C(O)c1ccon1.c1ccccc1. The van der Waals surface area contributed by atoms with Crippen LogP contribution in [0.2, 0.25) is 0 Å². The van der Waals surface area contributed by atoms with Gasteiger partial charge in [0.25, 0.3) is 0 Å². The number of aromatic nitrogens is 1. The number of nitrogens with zero attached hydrogens (tertiary/aromatic N) is 1. The molecule has 1 aromatic heterocycles. The molecule has 0 aliphatic carbocycles. The van der Waals surface area contributed by atoms with Crippen LogP contribution in [-0.4, -0.2) is 16.2 Å². The van der Waals surface area contributed by atoms with Crippen molar-refractivity contribution in [1.82, 2.24) is 5.16 Å². The maximum absolute atomic E-state index is 9.94. The van der Waals surface area contributed by atoms with Crippen LogP contribution < -0.4 is 0 Å². The molecule has 14 heavy (non-hydrogen) atoms. The lowest BCUT2D eigenvalue weighted by molar-refractivity contribution is 0.0685. The molecule has 4 nitrogen and oxygen atoms in total. The Morgan fingerprint density at radius 1 is 1.14 bits per heavy atom. The maximum Gasteiger partial charge on any atom is 0.358 e. The van der Waals surface area contributed by atoms with E-state index in [1.54, 1.807) is 0 Å². The Balaban J connectivity index is 0.000000146. The van der Waals surface area contributed by atoms with Crippen molar-refractivity contribution in [3.05, 3.63) is 54.4 Å². The molecular formula is C10H9NO3. The van der Waals surface area contributed by atoms with Crippen molar-refractivity contribution in [2.75, 3.05) is 0 Å². The lowest BCUT2D eigenvalue weighted by Crippen LogP contribution is -1.94. The predicted molar refractivity (Wildman–Crippen MR) is 49.9 cm³/mol. The van der Waals surface area contributed by atoms with E-state index in [9.17, 15) is 4.79 Å². The molecule has 0 unspecified atom stereocenters. The van der Waals surface area contributed by atoms with Gasteiger partial charge in [-0.1, -0.05) is 41.6 Å². The first-order valence-electron chi connectivity index (χ1n) is 3.94. The van der Waals surface area contributed by atoms with Crippen molar-refractivity contribution in [3.63, 3.8) is 0 Å². The van der Waals surface area contributed by atoms with E-state index in [0.29, 0.717) is 0 Å². The van der Waals surface area contributed by atoms with Crippen LogP contribution in [0.25, 0.3) is 0 Å². The molecule has 0 atom stereocenters. The number of hydrogen-bond donors (Lipinski definition) is 1. The fourth-order valence-corrected chi connectivity index (χ4v) is 0.708. The molecule has 0 radical (unpaired) electrons. The quantitative estimate of drug-likeness (QED) is 0.749. The highest BCUT2D eigenvalue weighted by Gasteiger charge is 2.02. The largest absolute Gasteiger partial charge is 0.476 e. The summed E-state index contributed by atoms with van der Waals surface area (Å²) in [5.74, 6) is -1.07. The zero-order chi connectivity index (χ0) is 10.2.